The van der Waals surface area contributed by atoms with E-state index < -0.39 is 0 Å². The number of aryl methyl sites for hydroxylation is 6. The maximum atomic E-state index is 9.21. The van der Waals surface area contributed by atoms with Gasteiger partial charge in [0.2, 0.25) is 0 Å². The van der Waals surface area contributed by atoms with Crippen LogP contribution in [0.1, 0.15) is 33.4 Å². The van der Waals surface area contributed by atoms with Crippen LogP contribution in [0.2, 0.25) is 0 Å². The summed E-state index contributed by atoms with van der Waals surface area (Å²) in [6.45, 7) is 11.8. The highest BCUT2D eigenvalue weighted by molar-refractivity contribution is 5.38. The minimum atomic E-state index is 0.414. The summed E-state index contributed by atoms with van der Waals surface area (Å²) >= 11 is 0. The maximum absolute atomic E-state index is 9.21. The average Bonchev–Trinajstić information content (AvgIpc) is 2.61. The van der Waals surface area contributed by atoms with Crippen molar-refractivity contribution in [3.05, 3.63) is 94.0 Å². The quantitative estimate of drug-likeness (QED) is 0.498. The number of phenols is 2. The van der Waals surface area contributed by atoms with Crippen LogP contribution in [0.3, 0.4) is 0 Å². The first-order valence-corrected chi connectivity index (χ1v) is 8.76. The average molecular weight is 351 g/mol. The lowest BCUT2D eigenvalue weighted by atomic mass is 10.1. The Labute approximate surface area is 157 Å². The molecule has 0 saturated carbocycles. The SMILES string of the molecule is Cc1ccc(C)cc1.Cc1cccc(C)c1O.Cc1cccc(C)c1O. The van der Waals surface area contributed by atoms with Crippen LogP contribution in [-0.2, 0) is 0 Å². The molecule has 0 radical (unpaired) electrons. The summed E-state index contributed by atoms with van der Waals surface area (Å²) in [4.78, 5) is 0. The number of para-hydroxylation sites is 2. The summed E-state index contributed by atoms with van der Waals surface area (Å²) in [7, 11) is 0. The third-order valence-corrected chi connectivity index (χ3v) is 4.10. The van der Waals surface area contributed by atoms with Gasteiger partial charge in [-0.05, 0) is 63.8 Å². The molecule has 0 aliphatic heterocycles. The summed E-state index contributed by atoms with van der Waals surface area (Å²) in [5.74, 6) is 0.829. The normalized spacial score (nSPS) is 9.46. The van der Waals surface area contributed by atoms with E-state index in [0.29, 0.717) is 11.5 Å². The molecule has 26 heavy (non-hydrogen) atoms. The topological polar surface area (TPSA) is 40.5 Å². The zero-order valence-corrected chi connectivity index (χ0v) is 16.7. The van der Waals surface area contributed by atoms with Crippen LogP contribution in [0.15, 0.2) is 60.7 Å². The van der Waals surface area contributed by atoms with Gasteiger partial charge in [0, 0.05) is 0 Å². The Hall–Kier alpha value is -2.74. The fourth-order valence-electron chi connectivity index (χ4n) is 2.25. The molecule has 0 fully saturated rings. The van der Waals surface area contributed by atoms with Gasteiger partial charge in [0.1, 0.15) is 11.5 Å². The van der Waals surface area contributed by atoms with Crippen molar-refractivity contribution in [2.24, 2.45) is 0 Å². The molecule has 0 saturated heterocycles. The van der Waals surface area contributed by atoms with E-state index in [1.165, 1.54) is 11.1 Å². The van der Waals surface area contributed by atoms with Gasteiger partial charge < -0.3 is 10.2 Å². The Morgan fingerprint density at radius 3 is 0.846 bits per heavy atom. The van der Waals surface area contributed by atoms with Crippen LogP contribution in [0.25, 0.3) is 0 Å². The Bertz CT molecular complexity index is 707. The first kappa shape index (κ1) is 21.3. The van der Waals surface area contributed by atoms with Gasteiger partial charge in [-0.25, -0.2) is 0 Å². The molecule has 0 unspecified atom stereocenters. The highest BCUT2D eigenvalue weighted by atomic mass is 16.3. The molecule has 3 aromatic carbocycles. The van der Waals surface area contributed by atoms with Crippen LogP contribution < -0.4 is 0 Å². The summed E-state index contributed by atoms with van der Waals surface area (Å²) in [6.07, 6.45) is 0. The van der Waals surface area contributed by atoms with Gasteiger partial charge in [-0.3, -0.25) is 0 Å². The molecule has 2 nitrogen and oxygen atoms in total. The van der Waals surface area contributed by atoms with E-state index in [2.05, 4.69) is 38.1 Å². The van der Waals surface area contributed by atoms with Gasteiger partial charge in [0.15, 0.2) is 0 Å². The molecule has 0 bridgehead atoms. The Morgan fingerprint density at radius 2 is 0.654 bits per heavy atom. The number of phenolic OH excluding ortho intramolecular Hbond substituents is 2. The number of aromatic hydroxyl groups is 2. The summed E-state index contributed by atoms with van der Waals surface area (Å²) in [6, 6.07) is 19.9. The van der Waals surface area contributed by atoms with E-state index in [-0.39, 0.29) is 0 Å². The molecule has 0 atom stereocenters. The van der Waals surface area contributed by atoms with Crippen molar-refractivity contribution in [1.29, 1.82) is 0 Å². The highest BCUT2D eigenvalue weighted by Gasteiger charge is 1.96. The van der Waals surface area contributed by atoms with E-state index in [9.17, 15) is 10.2 Å². The first-order valence-electron chi connectivity index (χ1n) is 8.76. The van der Waals surface area contributed by atoms with Crippen molar-refractivity contribution in [1.82, 2.24) is 0 Å². The molecular formula is C24H30O2. The van der Waals surface area contributed by atoms with E-state index in [1.807, 2.05) is 64.1 Å². The van der Waals surface area contributed by atoms with Crippen molar-refractivity contribution in [2.45, 2.75) is 41.5 Å². The molecule has 0 spiro atoms. The molecule has 3 rings (SSSR count). The van der Waals surface area contributed by atoms with E-state index in [1.54, 1.807) is 0 Å². The maximum Gasteiger partial charge on any atom is 0.121 e. The largest absolute Gasteiger partial charge is 0.507 e. The van der Waals surface area contributed by atoms with E-state index >= 15 is 0 Å². The zero-order valence-electron chi connectivity index (χ0n) is 16.7. The van der Waals surface area contributed by atoms with Crippen LogP contribution in [-0.4, -0.2) is 10.2 Å². The third kappa shape index (κ3) is 7.02. The lowest BCUT2D eigenvalue weighted by Crippen LogP contribution is -1.76. The number of rotatable bonds is 0. The van der Waals surface area contributed by atoms with Crippen LogP contribution in [0, 0.1) is 41.5 Å². The van der Waals surface area contributed by atoms with Crippen LogP contribution >= 0.6 is 0 Å². The monoisotopic (exact) mass is 350 g/mol. The van der Waals surface area contributed by atoms with Gasteiger partial charge >= 0.3 is 0 Å². The van der Waals surface area contributed by atoms with Crippen molar-refractivity contribution in [2.75, 3.05) is 0 Å². The lowest BCUT2D eigenvalue weighted by molar-refractivity contribution is 0.466. The summed E-state index contributed by atoms with van der Waals surface area (Å²) in [5, 5.41) is 18.4. The van der Waals surface area contributed by atoms with E-state index in [4.69, 9.17) is 0 Å². The molecule has 3 aromatic rings. The number of hydrogen-bond acceptors (Lipinski definition) is 2. The van der Waals surface area contributed by atoms with Gasteiger partial charge in [-0.15, -0.1) is 0 Å². The highest BCUT2D eigenvalue weighted by Crippen LogP contribution is 2.19. The smallest absolute Gasteiger partial charge is 0.121 e. The molecule has 2 N–H and O–H groups in total. The fourth-order valence-corrected chi connectivity index (χ4v) is 2.25. The van der Waals surface area contributed by atoms with E-state index in [0.717, 1.165) is 22.3 Å². The van der Waals surface area contributed by atoms with Crippen molar-refractivity contribution < 1.29 is 10.2 Å². The molecule has 0 heterocycles. The Morgan fingerprint density at radius 1 is 0.423 bits per heavy atom. The third-order valence-electron chi connectivity index (χ3n) is 4.10. The first-order chi connectivity index (χ1) is 12.2. The minimum Gasteiger partial charge on any atom is -0.507 e. The molecular weight excluding hydrogens is 320 g/mol. The standard InChI is InChI=1S/2C8H10O.C8H10/c2*1-6-4-3-5-7(2)8(6)9;1-7-3-5-8(2)6-4-7/h2*3-5,9H,1-2H3;3-6H,1-2H3. The van der Waals surface area contributed by atoms with Gasteiger partial charge in [0.05, 0.1) is 0 Å². The molecule has 138 valence electrons. The zero-order chi connectivity index (χ0) is 19.7. The second kappa shape index (κ2) is 10.3. The fraction of sp³-hybridized carbons (Fsp3) is 0.250. The van der Waals surface area contributed by atoms with Gasteiger partial charge in [0.25, 0.3) is 0 Å². The Kier molecular flexibility index (Phi) is 8.44. The molecule has 0 amide bonds. The molecule has 2 heteroatoms. The predicted octanol–water partition coefficient (Wildman–Crippen LogP) is 6.32. The molecule has 0 aliphatic carbocycles. The summed E-state index contributed by atoms with van der Waals surface area (Å²) < 4.78 is 0. The van der Waals surface area contributed by atoms with Crippen molar-refractivity contribution >= 4 is 0 Å². The lowest BCUT2D eigenvalue weighted by Gasteiger charge is -1.99. The van der Waals surface area contributed by atoms with Crippen molar-refractivity contribution in [3.8, 4) is 11.5 Å². The second-order valence-corrected chi connectivity index (χ2v) is 6.64. The summed E-state index contributed by atoms with van der Waals surface area (Å²) in [5.41, 5.74) is 6.42. The minimum absolute atomic E-state index is 0.414. The number of hydrogen-bond donors (Lipinski definition) is 2. The number of benzene rings is 3. The molecule has 0 aromatic heterocycles. The second-order valence-electron chi connectivity index (χ2n) is 6.64. The van der Waals surface area contributed by atoms with Crippen molar-refractivity contribution in [3.63, 3.8) is 0 Å². The predicted molar refractivity (Wildman–Crippen MR) is 111 cm³/mol. The van der Waals surface area contributed by atoms with Crippen LogP contribution in [0.4, 0.5) is 0 Å². The van der Waals surface area contributed by atoms with Gasteiger partial charge in [-0.1, -0.05) is 71.8 Å². The van der Waals surface area contributed by atoms with Crippen LogP contribution in [0.5, 0.6) is 11.5 Å². The molecule has 0 aliphatic rings. The van der Waals surface area contributed by atoms with Gasteiger partial charge in [-0.2, -0.15) is 0 Å². The Balaban J connectivity index is 0.000000195.